The van der Waals surface area contributed by atoms with Gasteiger partial charge in [-0.15, -0.1) is 0 Å². The number of rotatable bonds is 5. The van der Waals surface area contributed by atoms with Crippen molar-refractivity contribution in [3.63, 3.8) is 0 Å². The average Bonchev–Trinajstić information content (AvgIpc) is 3.01. The predicted molar refractivity (Wildman–Crippen MR) is 99.0 cm³/mol. The van der Waals surface area contributed by atoms with Gasteiger partial charge in [0.15, 0.2) is 0 Å². The summed E-state index contributed by atoms with van der Waals surface area (Å²) < 4.78 is 6.14. The van der Waals surface area contributed by atoms with Crippen molar-refractivity contribution < 1.29 is 4.74 Å². The molecule has 4 nitrogen and oxygen atoms in total. The molecule has 0 aromatic heterocycles. The molecule has 4 N–H and O–H groups in total. The molecule has 128 valence electrons. The molecule has 0 spiro atoms. The Morgan fingerprint density at radius 1 is 1.17 bits per heavy atom. The van der Waals surface area contributed by atoms with Crippen molar-refractivity contribution in [1.82, 2.24) is 10.9 Å². The second-order valence-electron chi connectivity index (χ2n) is 6.95. The van der Waals surface area contributed by atoms with Gasteiger partial charge in [0.25, 0.3) is 0 Å². The molecule has 0 saturated carbocycles. The highest BCUT2D eigenvalue weighted by Crippen LogP contribution is 2.29. The number of nitrogen functional groups attached to an aromatic ring is 1. The van der Waals surface area contributed by atoms with Crippen LogP contribution >= 0.6 is 0 Å². The Balaban J connectivity index is 1.62. The van der Waals surface area contributed by atoms with Crippen LogP contribution in [0.2, 0.25) is 0 Å². The second kappa shape index (κ2) is 7.24. The number of benzene rings is 2. The summed E-state index contributed by atoms with van der Waals surface area (Å²) in [5.74, 6) is 1.45. The van der Waals surface area contributed by atoms with Gasteiger partial charge >= 0.3 is 0 Å². The lowest BCUT2D eigenvalue weighted by Crippen LogP contribution is -2.34. The van der Waals surface area contributed by atoms with Gasteiger partial charge in [0, 0.05) is 11.7 Å². The van der Waals surface area contributed by atoms with Crippen molar-refractivity contribution in [2.75, 3.05) is 12.3 Å². The fourth-order valence-electron chi connectivity index (χ4n) is 3.16. The Morgan fingerprint density at radius 3 is 2.75 bits per heavy atom. The predicted octanol–water partition coefficient (Wildman–Crippen LogP) is 3.69. The molecule has 0 bridgehead atoms. The molecule has 2 aromatic rings. The summed E-state index contributed by atoms with van der Waals surface area (Å²) in [4.78, 5) is 0. The Hall–Kier alpha value is -2.04. The van der Waals surface area contributed by atoms with Gasteiger partial charge in [-0.25, -0.2) is 5.43 Å². The Labute approximate surface area is 144 Å². The van der Waals surface area contributed by atoms with Crippen LogP contribution in [-0.2, 0) is 0 Å². The number of hydrogen-bond donors (Lipinski definition) is 3. The summed E-state index contributed by atoms with van der Waals surface area (Å²) in [7, 11) is 0. The maximum absolute atomic E-state index is 6.14. The van der Waals surface area contributed by atoms with E-state index in [1.165, 1.54) is 16.7 Å². The Kier molecular flexibility index (Phi) is 5.07. The SMILES string of the molecule is Cc1ccc(C(C)C)c(OCC2CC(c3cccc(N)c3)NN2)c1. The molecule has 1 aliphatic heterocycles. The lowest BCUT2D eigenvalue weighted by molar-refractivity contribution is 0.269. The molecule has 1 heterocycles. The van der Waals surface area contributed by atoms with Crippen LogP contribution in [0.3, 0.4) is 0 Å². The monoisotopic (exact) mass is 325 g/mol. The molecule has 1 saturated heterocycles. The lowest BCUT2D eigenvalue weighted by atomic mass is 10.0. The van der Waals surface area contributed by atoms with Crippen LogP contribution in [0.4, 0.5) is 5.69 Å². The first-order valence-corrected chi connectivity index (χ1v) is 8.63. The van der Waals surface area contributed by atoms with Crippen LogP contribution < -0.4 is 21.3 Å². The Morgan fingerprint density at radius 2 is 2.00 bits per heavy atom. The number of hydrazine groups is 1. The highest BCUT2D eigenvalue weighted by atomic mass is 16.5. The first kappa shape index (κ1) is 16.8. The van der Waals surface area contributed by atoms with E-state index in [4.69, 9.17) is 10.5 Å². The minimum absolute atomic E-state index is 0.268. The molecule has 3 rings (SSSR count). The molecular formula is C20H27N3O. The summed E-state index contributed by atoms with van der Waals surface area (Å²) >= 11 is 0. The van der Waals surface area contributed by atoms with Gasteiger partial charge in [-0.3, -0.25) is 5.43 Å². The quantitative estimate of drug-likeness (QED) is 0.734. The van der Waals surface area contributed by atoms with Gasteiger partial charge in [0.05, 0.1) is 6.04 Å². The first-order valence-electron chi connectivity index (χ1n) is 8.63. The summed E-state index contributed by atoms with van der Waals surface area (Å²) in [6, 6.07) is 15.0. The van der Waals surface area contributed by atoms with E-state index in [0.717, 1.165) is 17.9 Å². The number of ether oxygens (including phenoxy) is 1. The van der Waals surface area contributed by atoms with Crippen LogP contribution in [0.15, 0.2) is 42.5 Å². The molecule has 0 radical (unpaired) electrons. The fourth-order valence-corrected chi connectivity index (χ4v) is 3.16. The van der Waals surface area contributed by atoms with E-state index < -0.39 is 0 Å². The first-order chi connectivity index (χ1) is 11.5. The summed E-state index contributed by atoms with van der Waals surface area (Å²) in [6.07, 6.45) is 0.978. The van der Waals surface area contributed by atoms with Crippen molar-refractivity contribution in [1.29, 1.82) is 0 Å². The molecule has 2 atom stereocenters. The zero-order valence-corrected chi connectivity index (χ0v) is 14.7. The third kappa shape index (κ3) is 3.89. The largest absolute Gasteiger partial charge is 0.492 e. The molecule has 2 aromatic carbocycles. The lowest BCUT2D eigenvalue weighted by Gasteiger charge is -2.17. The smallest absolute Gasteiger partial charge is 0.123 e. The van der Waals surface area contributed by atoms with Gasteiger partial charge in [0.2, 0.25) is 0 Å². The van der Waals surface area contributed by atoms with Crippen molar-refractivity contribution in [3.8, 4) is 5.75 Å². The van der Waals surface area contributed by atoms with Gasteiger partial charge < -0.3 is 10.5 Å². The molecule has 1 fully saturated rings. The van der Waals surface area contributed by atoms with Crippen molar-refractivity contribution in [2.24, 2.45) is 0 Å². The fraction of sp³-hybridized carbons (Fsp3) is 0.400. The molecule has 24 heavy (non-hydrogen) atoms. The number of hydrogen-bond acceptors (Lipinski definition) is 4. The van der Waals surface area contributed by atoms with Gasteiger partial charge in [-0.1, -0.05) is 38.1 Å². The topological polar surface area (TPSA) is 59.3 Å². The zero-order valence-electron chi connectivity index (χ0n) is 14.7. The van der Waals surface area contributed by atoms with Crippen molar-refractivity contribution in [2.45, 2.75) is 45.2 Å². The molecule has 4 heteroatoms. The third-order valence-electron chi connectivity index (χ3n) is 4.53. The normalized spacial score (nSPS) is 20.5. The van der Waals surface area contributed by atoms with Crippen LogP contribution in [0.1, 0.15) is 48.9 Å². The number of nitrogens with two attached hydrogens (primary N) is 1. The minimum Gasteiger partial charge on any atom is -0.492 e. The zero-order chi connectivity index (χ0) is 17.1. The van der Waals surface area contributed by atoms with E-state index in [-0.39, 0.29) is 12.1 Å². The van der Waals surface area contributed by atoms with Crippen LogP contribution in [0.5, 0.6) is 5.75 Å². The van der Waals surface area contributed by atoms with Gasteiger partial charge in [-0.05, 0) is 54.2 Å². The molecule has 0 amide bonds. The van der Waals surface area contributed by atoms with E-state index in [1.54, 1.807) is 0 Å². The van der Waals surface area contributed by atoms with E-state index >= 15 is 0 Å². The van der Waals surface area contributed by atoms with Gasteiger partial charge in [-0.2, -0.15) is 0 Å². The Bertz CT molecular complexity index is 699. The highest BCUT2D eigenvalue weighted by molar-refractivity contribution is 5.42. The van der Waals surface area contributed by atoms with Gasteiger partial charge in [0.1, 0.15) is 12.4 Å². The minimum atomic E-state index is 0.268. The standard InChI is InChI=1S/C20H27N3O/c1-13(2)18-8-7-14(3)9-20(18)24-12-17-11-19(23-22-17)15-5-4-6-16(21)10-15/h4-10,13,17,19,22-23H,11-12,21H2,1-3H3. The molecule has 2 unspecified atom stereocenters. The van der Waals surface area contributed by atoms with E-state index in [2.05, 4.69) is 55.9 Å². The van der Waals surface area contributed by atoms with Crippen LogP contribution in [-0.4, -0.2) is 12.6 Å². The van der Waals surface area contributed by atoms with Crippen LogP contribution in [0, 0.1) is 6.92 Å². The molecule has 1 aliphatic rings. The number of aryl methyl sites for hydroxylation is 1. The average molecular weight is 325 g/mol. The summed E-state index contributed by atoms with van der Waals surface area (Å²) in [5.41, 5.74) is 17.1. The second-order valence-corrected chi connectivity index (χ2v) is 6.95. The van der Waals surface area contributed by atoms with E-state index in [9.17, 15) is 0 Å². The molecular weight excluding hydrogens is 298 g/mol. The maximum atomic E-state index is 6.14. The van der Waals surface area contributed by atoms with Crippen LogP contribution in [0.25, 0.3) is 0 Å². The van der Waals surface area contributed by atoms with E-state index in [1.807, 2.05) is 18.2 Å². The van der Waals surface area contributed by atoms with E-state index in [0.29, 0.717) is 12.5 Å². The third-order valence-corrected chi connectivity index (χ3v) is 4.53. The number of nitrogens with one attached hydrogen (secondary N) is 2. The summed E-state index contributed by atoms with van der Waals surface area (Å²) in [6.45, 7) is 7.14. The van der Waals surface area contributed by atoms with Crippen molar-refractivity contribution >= 4 is 5.69 Å². The van der Waals surface area contributed by atoms with Crippen molar-refractivity contribution in [3.05, 3.63) is 59.2 Å². The highest BCUT2D eigenvalue weighted by Gasteiger charge is 2.25. The maximum Gasteiger partial charge on any atom is 0.123 e. The molecule has 0 aliphatic carbocycles. The summed E-state index contributed by atoms with van der Waals surface area (Å²) in [5, 5.41) is 0. The number of anilines is 1.